The van der Waals surface area contributed by atoms with E-state index in [9.17, 15) is 17.9 Å². The third-order valence-electron chi connectivity index (χ3n) is 8.32. The number of pyridine rings is 1. The van der Waals surface area contributed by atoms with Crippen LogP contribution in [0.1, 0.15) is 98.4 Å². The van der Waals surface area contributed by atoms with Crippen LogP contribution >= 0.6 is 0 Å². The van der Waals surface area contributed by atoms with Crippen LogP contribution in [0.4, 0.5) is 4.39 Å². The lowest BCUT2D eigenvalue weighted by molar-refractivity contribution is 0.0786. The number of fused-ring (bicyclic) bond motifs is 1. The third kappa shape index (κ3) is 5.67. The molecule has 0 saturated heterocycles. The Morgan fingerprint density at radius 3 is 2.27 bits per heavy atom. The van der Waals surface area contributed by atoms with Crippen molar-refractivity contribution in [3.05, 3.63) is 69.8 Å². The highest BCUT2D eigenvalue weighted by atomic mass is 32.2. The van der Waals surface area contributed by atoms with E-state index in [-0.39, 0.29) is 16.6 Å². The Morgan fingerprint density at radius 1 is 1.00 bits per heavy atom. The van der Waals surface area contributed by atoms with Crippen molar-refractivity contribution in [2.45, 2.75) is 102 Å². The molecule has 40 heavy (non-hydrogen) atoms. The van der Waals surface area contributed by atoms with E-state index in [2.05, 4.69) is 0 Å². The summed E-state index contributed by atoms with van der Waals surface area (Å²) in [6.07, 6.45) is 8.25. The van der Waals surface area contributed by atoms with Gasteiger partial charge in [0.2, 0.25) is 10.0 Å². The SMILES string of the molecule is Cc1cc(F)cc(C)c1Oc1ccc(C(C)(C)O)cc1-c1c2c(nc(C3CCCCC3)c1S(N)(=O)=O)CCCC2. The summed E-state index contributed by atoms with van der Waals surface area (Å²) in [4.78, 5) is 5.10. The first-order valence-electron chi connectivity index (χ1n) is 14.2. The fraction of sp³-hybridized carbons (Fsp3) is 0.469. The van der Waals surface area contributed by atoms with Gasteiger partial charge in [-0.1, -0.05) is 25.3 Å². The number of nitrogens with two attached hydrogens (primary N) is 1. The summed E-state index contributed by atoms with van der Waals surface area (Å²) in [5.41, 5.74) is 4.12. The van der Waals surface area contributed by atoms with Crippen molar-refractivity contribution in [3.8, 4) is 22.6 Å². The molecule has 2 aromatic carbocycles. The molecule has 0 atom stereocenters. The highest BCUT2D eigenvalue weighted by Gasteiger charge is 2.34. The fourth-order valence-electron chi connectivity index (χ4n) is 6.33. The molecule has 1 saturated carbocycles. The fourth-order valence-corrected chi connectivity index (χ4v) is 7.35. The zero-order valence-electron chi connectivity index (χ0n) is 23.8. The first-order chi connectivity index (χ1) is 18.8. The minimum Gasteiger partial charge on any atom is -0.456 e. The van der Waals surface area contributed by atoms with Crippen LogP contribution in [-0.4, -0.2) is 18.5 Å². The van der Waals surface area contributed by atoms with Crippen molar-refractivity contribution >= 4 is 10.0 Å². The summed E-state index contributed by atoms with van der Waals surface area (Å²) in [7, 11) is -4.19. The summed E-state index contributed by atoms with van der Waals surface area (Å²) >= 11 is 0. The van der Waals surface area contributed by atoms with Gasteiger partial charge in [-0.05, 0) is 113 Å². The zero-order chi connectivity index (χ0) is 28.8. The lowest BCUT2D eigenvalue weighted by Crippen LogP contribution is -2.23. The molecule has 0 bridgehead atoms. The van der Waals surface area contributed by atoms with Gasteiger partial charge in [0.1, 0.15) is 22.2 Å². The van der Waals surface area contributed by atoms with Crippen LogP contribution in [0.5, 0.6) is 11.5 Å². The minimum atomic E-state index is -4.19. The van der Waals surface area contributed by atoms with Gasteiger partial charge in [-0.25, -0.2) is 17.9 Å². The molecule has 1 aromatic heterocycles. The Kier molecular flexibility index (Phi) is 7.81. The number of nitrogens with zero attached hydrogens (tertiary/aromatic N) is 1. The number of aromatic nitrogens is 1. The lowest BCUT2D eigenvalue weighted by Gasteiger charge is -2.29. The molecule has 1 fully saturated rings. The second-order valence-electron chi connectivity index (χ2n) is 12.0. The Hall–Kier alpha value is -2.81. The number of ether oxygens (including phenoxy) is 1. The van der Waals surface area contributed by atoms with Gasteiger partial charge in [-0.15, -0.1) is 0 Å². The summed E-state index contributed by atoms with van der Waals surface area (Å²) in [5, 5.41) is 17.0. The van der Waals surface area contributed by atoms with Gasteiger partial charge in [0.05, 0.1) is 11.3 Å². The lowest BCUT2D eigenvalue weighted by atomic mass is 9.82. The van der Waals surface area contributed by atoms with Crippen LogP contribution in [0.2, 0.25) is 0 Å². The predicted octanol–water partition coefficient (Wildman–Crippen LogP) is 7.10. The van der Waals surface area contributed by atoms with Crippen LogP contribution in [0.25, 0.3) is 11.1 Å². The van der Waals surface area contributed by atoms with E-state index < -0.39 is 15.6 Å². The predicted molar refractivity (Wildman–Crippen MR) is 155 cm³/mol. The number of hydrogen-bond acceptors (Lipinski definition) is 5. The van der Waals surface area contributed by atoms with Crippen molar-refractivity contribution < 1.29 is 22.7 Å². The van der Waals surface area contributed by atoms with E-state index in [1.807, 2.05) is 6.07 Å². The number of sulfonamides is 1. The van der Waals surface area contributed by atoms with Crippen molar-refractivity contribution in [1.82, 2.24) is 4.98 Å². The molecule has 0 radical (unpaired) electrons. The number of aryl methyl sites for hydroxylation is 3. The summed E-state index contributed by atoms with van der Waals surface area (Å²) in [6.45, 7) is 6.94. The number of benzene rings is 2. The van der Waals surface area contributed by atoms with Crippen molar-refractivity contribution in [1.29, 1.82) is 0 Å². The maximum Gasteiger partial charge on any atom is 0.240 e. The van der Waals surface area contributed by atoms with Crippen LogP contribution in [0.3, 0.4) is 0 Å². The van der Waals surface area contributed by atoms with Gasteiger partial charge in [0, 0.05) is 22.7 Å². The molecule has 0 spiro atoms. The molecule has 214 valence electrons. The molecule has 8 heteroatoms. The van der Waals surface area contributed by atoms with E-state index >= 15 is 0 Å². The Bertz CT molecular complexity index is 1530. The molecule has 2 aliphatic rings. The second kappa shape index (κ2) is 10.9. The van der Waals surface area contributed by atoms with E-state index in [4.69, 9.17) is 14.9 Å². The molecule has 5 rings (SSSR count). The molecular formula is C32H39FN2O4S. The molecular weight excluding hydrogens is 527 g/mol. The summed E-state index contributed by atoms with van der Waals surface area (Å²) in [6, 6.07) is 8.18. The number of primary sulfonamides is 1. The maximum absolute atomic E-state index is 14.1. The first-order valence-corrected chi connectivity index (χ1v) is 15.8. The number of halogens is 1. The van der Waals surface area contributed by atoms with Gasteiger partial charge in [0.15, 0.2) is 0 Å². The van der Waals surface area contributed by atoms with Crippen LogP contribution in [0, 0.1) is 19.7 Å². The second-order valence-corrected chi connectivity index (χ2v) is 13.5. The monoisotopic (exact) mass is 566 g/mol. The highest BCUT2D eigenvalue weighted by Crippen LogP contribution is 2.47. The maximum atomic E-state index is 14.1. The highest BCUT2D eigenvalue weighted by molar-refractivity contribution is 7.89. The zero-order valence-corrected chi connectivity index (χ0v) is 24.6. The van der Waals surface area contributed by atoms with Crippen molar-refractivity contribution in [3.63, 3.8) is 0 Å². The molecule has 3 aromatic rings. The van der Waals surface area contributed by atoms with E-state index in [1.54, 1.807) is 39.8 Å². The molecule has 1 heterocycles. The third-order valence-corrected chi connectivity index (χ3v) is 9.31. The van der Waals surface area contributed by atoms with Crippen LogP contribution in [0.15, 0.2) is 35.2 Å². The molecule has 0 aliphatic heterocycles. The molecule has 6 nitrogen and oxygen atoms in total. The van der Waals surface area contributed by atoms with Gasteiger partial charge in [-0.3, -0.25) is 4.98 Å². The standard InChI is InChI=1S/C32H39FN2O4S/c1-19-16-23(33)17-20(2)30(19)39-27-15-14-22(32(3,4)36)18-25(27)28-24-12-8-9-13-26(24)35-29(31(28)40(34,37)38)21-10-6-5-7-11-21/h14-18,21,36H,5-13H2,1-4H3,(H2,34,37,38). The molecule has 3 N–H and O–H groups in total. The van der Waals surface area contributed by atoms with Crippen molar-refractivity contribution in [2.24, 2.45) is 5.14 Å². The van der Waals surface area contributed by atoms with Crippen LogP contribution in [-0.2, 0) is 28.5 Å². The Labute approximate surface area is 236 Å². The summed E-state index contributed by atoms with van der Waals surface area (Å²) in [5.74, 6) is 0.587. The normalized spacial score (nSPS) is 16.6. The summed E-state index contributed by atoms with van der Waals surface area (Å²) < 4.78 is 47.5. The number of rotatable bonds is 6. The smallest absolute Gasteiger partial charge is 0.240 e. The number of aliphatic hydroxyl groups is 1. The van der Waals surface area contributed by atoms with Crippen molar-refractivity contribution in [2.75, 3.05) is 0 Å². The molecule has 0 amide bonds. The largest absolute Gasteiger partial charge is 0.456 e. The average molecular weight is 567 g/mol. The molecule has 0 unspecified atom stereocenters. The van der Waals surface area contributed by atoms with E-state index in [1.165, 1.54) is 12.1 Å². The quantitative estimate of drug-likeness (QED) is 0.331. The minimum absolute atomic E-state index is 0.0106. The molecule has 2 aliphatic carbocycles. The Balaban J connectivity index is 1.85. The van der Waals surface area contributed by atoms with Gasteiger partial charge in [0.25, 0.3) is 0 Å². The number of hydrogen-bond donors (Lipinski definition) is 2. The Morgan fingerprint density at radius 2 is 1.65 bits per heavy atom. The van der Waals surface area contributed by atoms with Crippen LogP contribution < -0.4 is 9.88 Å². The van der Waals surface area contributed by atoms with Gasteiger partial charge in [-0.2, -0.15) is 0 Å². The topological polar surface area (TPSA) is 103 Å². The van der Waals surface area contributed by atoms with Gasteiger partial charge < -0.3 is 9.84 Å². The first kappa shape index (κ1) is 28.7. The average Bonchev–Trinajstić information content (AvgIpc) is 2.89. The van der Waals surface area contributed by atoms with E-state index in [0.29, 0.717) is 51.4 Å². The van der Waals surface area contributed by atoms with Gasteiger partial charge >= 0.3 is 0 Å². The van der Waals surface area contributed by atoms with E-state index in [0.717, 1.165) is 62.6 Å².